The molecule has 0 radical (unpaired) electrons. The van der Waals surface area contributed by atoms with Gasteiger partial charge >= 0.3 is 11.9 Å². The summed E-state index contributed by atoms with van der Waals surface area (Å²) in [5, 5.41) is 37.5. The molecule has 2 heterocycles. The molecule has 5 rings (SSSR count). The Hall–Kier alpha value is -5.01. The molecule has 2 atom stereocenters. The van der Waals surface area contributed by atoms with Gasteiger partial charge in [-0.05, 0) is 92.7 Å². The summed E-state index contributed by atoms with van der Waals surface area (Å²) < 4.78 is 0. The van der Waals surface area contributed by atoms with Crippen LogP contribution in [0.15, 0.2) is 88.0 Å². The lowest BCUT2D eigenvalue weighted by Gasteiger charge is -2.32. The third-order valence-corrected chi connectivity index (χ3v) is 8.76. The number of nitrogens with one attached hydrogen (secondary N) is 2. The Bertz CT molecular complexity index is 1710. The molecule has 0 aliphatic carbocycles. The molecule has 2 aliphatic heterocycles. The highest BCUT2D eigenvalue weighted by atomic mass is 16.4. The zero-order chi connectivity index (χ0) is 31.9. The third kappa shape index (κ3) is 7.21. The fourth-order valence-electron chi connectivity index (χ4n) is 6.66. The number of nitriles is 1. The van der Waals surface area contributed by atoms with Gasteiger partial charge in [-0.1, -0.05) is 54.6 Å². The molecule has 3 aromatic carbocycles. The number of piperidine rings is 1. The molecule has 1 saturated heterocycles. The van der Waals surface area contributed by atoms with Crippen LogP contribution >= 0.6 is 0 Å². The Balaban J connectivity index is 1.20. The van der Waals surface area contributed by atoms with Gasteiger partial charge in [0, 0.05) is 29.6 Å². The second-order valence-corrected chi connectivity index (χ2v) is 11.6. The van der Waals surface area contributed by atoms with Gasteiger partial charge in [-0.3, -0.25) is 20.1 Å². The summed E-state index contributed by atoms with van der Waals surface area (Å²) in [6.07, 6.45) is 4.97. The highest BCUT2D eigenvalue weighted by molar-refractivity contribution is 6.06. The molecule has 3 aromatic rings. The molecule has 0 spiro atoms. The van der Waals surface area contributed by atoms with E-state index in [1.165, 1.54) is 16.3 Å². The first-order chi connectivity index (χ1) is 21.8. The topological polar surface area (TPSA) is 150 Å². The zero-order valence-corrected chi connectivity index (χ0v) is 25.5. The van der Waals surface area contributed by atoms with Crippen molar-refractivity contribution < 1.29 is 19.8 Å². The van der Waals surface area contributed by atoms with Crippen LogP contribution in [0.4, 0.5) is 5.69 Å². The van der Waals surface area contributed by atoms with Crippen LogP contribution in [0.25, 0.3) is 10.8 Å². The summed E-state index contributed by atoms with van der Waals surface area (Å²) >= 11 is 0. The maximum Gasteiger partial charge on any atom is 0.334 e. The molecule has 10 heteroatoms. The van der Waals surface area contributed by atoms with Gasteiger partial charge in [0.2, 0.25) is 5.96 Å². The summed E-state index contributed by atoms with van der Waals surface area (Å²) in [7, 11) is 0. The van der Waals surface area contributed by atoms with E-state index in [2.05, 4.69) is 68.0 Å². The predicted octanol–water partition coefficient (Wildman–Crippen LogP) is 5.57. The second kappa shape index (κ2) is 14.2. The molecule has 10 nitrogen and oxygen atoms in total. The molecular weight excluding hydrogens is 568 g/mol. The van der Waals surface area contributed by atoms with Crippen LogP contribution in [0.5, 0.6) is 0 Å². The number of hydrogen-bond acceptors (Lipinski definition) is 6. The van der Waals surface area contributed by atoms with Crippen molar-refractivity contribution in [3.05, 3.63) is 89.1 Å². The van der Waals surface area contributed by atoms with Crippen LogP contribution in [0.2, 0.25) is 0 Å². The van der Waals surface area contributed by atoms with Crippen molar-refractivity contribution in [3.8, 4) is 6.19 Å². The van der Waals surface area contributed by atoms with Crippen LogP contribution < -0.4 is 10.6 Å². The number of aliphatic carboxylic acids is 2. The maximum atomic E-state index is 12.2. The van der Waals surface area contributed by atoms with E-state index in [-0.39, 0.29) is 17.2 Å². The lowest BCUT2D eigenvalue weighted by molar-refractivity contribution is -0.140. The Morgan fingerprint density at radius 1 is 1.04 bits per heavy atom. The number of benzene rings is 3. The number of carbonyl (C=O) groups is 2. The summed E-state index contributed by atoms with van der Waals surface area (Å²) in [5.74, 6) is -3.56. The summed E-state index contributed by atoms with van der Waals surface area (Å²) in [5.41, 5.74) is 3.09. The molecule has 4 N–H and O–H groups in total. The summed E-state index contributed by atoms with van der Waals surface area (Å²) in [6, 6.07) is 22.1. The third-order valence-electron chi connectivity index (χ3n) is 8.76. The number of likely N-dealkylation sites (tertiary alicyclic amines) is 1. The van der Waals surface area contributed by atoms with Gasteiger partial charge in [-0.2, -0.15) is 5.26 Å². The van der Waals surface area contributed by atoms with Crippen LogP contribution in [0.1, 0.15) is 56.1 Å². The first-order valence-corrected chi connectivity index (χ1v) is 15.3. The molecular formula is C35H38N6O4. The van der Waals surface area contributed by atoms with Crippen LogP contribution in [0.3, 0.4) is 0 Å². The van der Waals surface area contributed by atoms with Crippen molar-refractivity contribution in [2.24, 2.45) is 15.9 Å². The quantitative estimate of drug-likeness (QED) is 0.0812. The predicted molar refractivity (Wildman–Crippen MR) is 175 cm³/mol. The Labute approximate surface area is 262 Å². The fraction of sp³-hybridized carbons (Fsp3) is 0.343. The molecule has 2 aliphatic rings. The number of carboxylic acids is 2. The number of guanidine groups is 1. The minimum atomic E-state index is -1.20. The number of aliphatic imine (C=N–C) groups is 2. The molecule has 0 bridgehead atoms. The fourth-order valence-corrected chi connectivity index (χ4v) is 6.66. The molecule has 1 fully saturated rings. The molecule has 232 valence electrons. The monoisotopic (exact) mass is 606 g/mol. The van der Waals surface area contributed by atoms with Crippen LogP contribution in [0, 0.1) is 17.4 Å². The molecule has 2 unspecified atom stereocenters. The smallest absolute Gasteiger partial charge is 0.334 e. The Morgan fingerprint density at radius 3 is 2.51 bits per heavy atom. The minimum absolute atomic E-state index is 0.0460. The number of rotatable bonds is 9. The zero-order valence-electron chi connectivity index (χ0n) is 25.5. The van der Waals surface area contributed by atoms with Crippen molar-refractivity contribution in [3.63, 3.8) is 0 Å². The van der Waals surface area contributed by atoms with Gasteiger partial charge in [0.15, 0.2) is 6.19 Å². The Kier molecular flexibility index (Phi) is 9.90. The van der Waals surface area contributed by atoms with Crippen molar-refractivity contribution in [1.29, 1.82) is 5.26 Å². The standard InChI is InChI=1S/C35H38N6O4/c1-22-30(33(42)43)32(31(34(44)45)23(2)39-22)26-10-5-11-27(20-26)40-35(38-21-36)37-16-7-17-41-18-14-25(15-19-41)29-13-6-9-24-8-3-4-12-28(24)29/h3-6,8-13,20,25,30,32H,7,14-19H2,1-2H3,(H,42,43)(H,44,45)(H2,37,38,40). The molecule has 45 heavy (non-hydrogen) atoms. The number of anilines is 1. The van der Waals surface area contributed by atoms with E-state index < -0.39 is 23.8 Å². The Morgan fingerprint density at radius 2 is 1.78 bits per heavy atom. The van der Waals surface area contributed by atoms with Crippen LogP contribution in [-0.4, -0.2) is 64.9 Å². The van der Waals surface area contributed by atoms with Gasteiger partial charge in [0.25, 0.3) is 0 Å². The molecule has 0 aromatic heterocycles. The average Bonchev–Trinajstić information content (AvgIpc) is 3.02. The van der Waals surface area contributed by atoms with Gasteiger partial charge in [0.1, 0.15) is 5.92 Å². The number of carboxylic acid groups (broad SMARTS) is 2. The number of allylic oxidation sites excluding steroid dienone is 1. The number of fused-ring (bicyclic) bond motifs is 1. The van der Waals surface area contributed by atoms with Crippen molar-refractivity contribution in [2.75, 3.05) is 31.5 Å². The first-order valence-electron chi connectivity index (χ1n) is 15.3. The van der Waals surface area contributed by atoms with Gasteiger partial charge in [-0.25, -0.2) is 4.79 Å². The number of nitrogens with zero attached hydrogens (tertiary/aromatic N) is 4. The van der Waals surface area contributed by atoms with E-state index >= 15 is 0 Å². The largest absolute Gasteiger partial charge is 0.481 e. The van der Waals surface area contributed by atoms with E-state index in [1.54, 1.807) is 38.1 Å². The van der Waals surface area contributed by atoms with Gasteiger partial charge in [-0.15, -0.1) is 0 Å². The lowest BCUT2D eigenvalue weighted by atomic mass is 9.75. The second-order valence-electron chi connectivity index (χ2n) is 11.6. The van der Waals surface area contributed by atoms with Gasteiger partial charge < -0.3 is 20.4 Å². The summed E-state index contributed by atoms with van der Waals surface area (Å²) in [6.45, 7) is 6.65. The van der Waals surface area contributed by atoms with Gasteiger partial charge in [0.05, 0.1) is 5.57 Å². The maximum absolute atomic E-state index is 12.2. The van der Waals surface area contributed by atoms with E-state index in [0.717, 1.165) is 38.9 Å². The highest BCUT2D eigenvalue weighted by Gasteiger charge is 2.41. The molecule has 0 amide bonds. The van der Waals surface area contributed by atoms with Crippen molar-refractivity contribution >= 4 is 40.1 Å². The minimum Gasteiger partial charge on any atom is -0.481 e. The van der Waals surface area contributed by atoms with Crippen molar-refractivity contribution in [1.82, 2.24) is 10.2 Å². The average molecular weight is 607 g/mol. The van der Waals surface area contributed by atoms with Crippen molar-refractivity contribution in [2.45, 2.75) is 44.9 Å². The van der Waals surface area contributed by atoms with E-state index in [0.29, 0.717) is 29.4 Å². The highest BCUT2D eigenvalue weighted by Crippen LogP contribution is 2.40. The normalized spacial score (nSPS) is 19.6. The SMILES string of the molecule is CC1=NC(C)=C(C(=O)O)C(c2cccc(NC(=NCCCN3CCC(c4cccc5ccccc45)CC3)NC#N)c2)C1C(=O)O. The summed E-state index contributed by atoms with van der Waals surface area (Å²) in [4.78, 5) is 35.6. The van der Waals surface area contributed by atoms with E-state index in [4.69, 9.17) is 0 Å². The van der Waals surface area contributed by atoms with E-state index in [1.807, 2.05) is 6.19 Å². The number of hydrogen-bond donors (Lipinski definition) is 4. The van der Waals surface area contributed by atoms with E-state index in [9.17, 15) is 25.1 Å². The first kappa shape index (κ1) is 31.4. The van der Waals surface area contributed by atoms with Crippen LogP contribution in [-0.2, 0) is 9.59 Å². The lowest BCUT2D eigenvalue weighted by Crippen LogP contribution is -2.35. The molecule has 0 saturated carbocycles.